The van der Waals surface area contributed by atoms with Crippen LogP contribution < -0.4 is 5.48 Å². The van der Waals surface area contributed by atoms with E-state index in [1.807, 2.05) is 48.5 Å². The summed E-state index contributed by atoms with van der Waals surface area (Å²) in [7, 11) is 0. The number of hydrogen-bond donors (Lipinski definition) is 1. The molecule has 3 rings (SSSR count). The largest absolute Gasteiger partial charge is 0.297 e. The number of para-hydroxylation sites is 1. The first-order valence-corrected chi connectivity index (χ1v) is 6.96. The molecule has 0 aliphatic carbocycles. The highest BCUT2D eigenvalue weighted by molar-refractivity contribution is 7.18. The van der Waals surface area contributed by atoms with Gasteiger partial charge in [-0.1, -0.05) is 42.5 Å². The van der Waals surface area contributed by atoms with E-state index in [9.17, 15) is 0 Å². The Balaban J connectivity index is 1.52. The number of fused-ring (bicyclic) bond motifs is 1. The van der Waals surface area contributed by atoms with Gasteiger partial charge in [-0.3, -0.25) is 4.84 Å². The van der Waals surface area contributed by atoms with Gasteiger partial charge in [0.15, 0.2) is 0 Å². The van der Waals surface area contributed by atoms with Crippen molar-refractivity contribution in [3.05, 3.63) is 65.2 Å². The molecular formula is C15H14N2OS. The van der Waals surface area contributed by atoms with Crippen molar-refractivity contribution in [2.75, 3.05) is 0 Å². The number of benzene rings is 2. The second kappa shape index (κ2) is 5.93. The van der Waals surface area contributed by atoms with Gasteiger partial charge in [0, 0.05) is 0 Å². The summed E-state index contributed by atoms with van der Waals surface area (Å²) in [6.45, 7) is 1.19. The van der Waals surface area contributed by atoms with E-state index in [0.717, 1.165) is 16.1 Å². The van der Waals surface area contributed by atoms with E-state index in [1.165, 1.54) is 4.70 Å². The number of hydroxylamine groups is 1. The minimum Gasteiger partial charge on any atom is -0.297 e. The molecule has 96 valence electrons. The summed E-state index contributed by atoms with van der Waals surface area (Å²) in [6, 6.07) is 18.2. The number of hydrogen-bond acceptors (Lipinski definition) is 4. The van der Waals surface area contributed by atoms with Crippen LogP contribution in [-0.2, 0) is 18.0 Å². The molecule has 0 atom stereocenters. The second-order valence-electron chi connectivity index (χ2n) is 4.17. The minimum atomic E-state index is 0.561. The lowest BCUT2D eigenvalue weighted by Crippen LogP contribution is -2.13. The van der Waals surface area contributed by atoms with Gasteiger partial charge in [0.05, 0.1) is 23.4 Å². The minimum absolute atomic E-state index is 0.561. The summed E-state index contributed by atoms with van der Waals surface area (Å²) < 4.78 is 1.21. The molecule has 1 heterocycles. The second-order valence-corrected chi connectivity index (χ2v) is 5.29. The van der Waals surface area contributed by atoms with E-state index in [-0.39, 0.29) is 0 Å². The van der Waals surface area contributed by atoms with Crippen molar-refractivity contribution in [1.29, 1.82) is 0 Å². The van der Waals surface area contributed by atoms with Crippen molar-refractivity contribution in [2.24, 2.45) is 0 Å². The van der Waals surface area contributed by atoms with Crippen LogP contribution in [0.15, 0.2) is 54.6 Å². The quantitative estimate of drug-likeness (QED) is 0.569. The molecule has 19 heavy (non-hydrogen) atoms. The normalized spacial score (nSPS) is 10.9. The Morgan fingerprint density at radius 2 is 1.79 bits per heavy atom. The number of nitrogens with zero attached hydrogens (tertiary/aromatic N) is 1. The molecule has 2 aromatic carbocycles. The van der Waals surface area contributed by atoms with Crippen LogP contribution in [0.1, 0.15) is 10.6 Å². The zero-order valence-corrected chi connectivity index (χ0v) is 11.2. The van der Waals surface area contributed by atoms with Gasteiger partial charge in [0.2, 0.25) is 0 Å². The van der Waals surface area contributed by atoms with Gasteiger partial charge in [-0.2, -0.15) is 5.48 Å². The van der Waals surface area contributed by atoms with Gasteiger partial charge >= 0.3 is 0 Å². The van der Waals surface area contributed by atoms with E-state index >= 15 is 0 Å². The van der Waals surface area contributed by atoms with Gasteiger partial charge in [-0.15, -0.1) is 11.3 Å². The van der Waals surface area contributed by atoms with Gasteiger partial charge in [-0.25, -0.2) is 4.98 Å². The van der Waals surface area contributed by atoms with E-state index < -0.39 is 0 Å². The Kier molecular flexibility index (Phi) is 3.83. The summed E-state index contributed by atoms with van der Waals surface area (Å²) in [5.41, 5.74) is 5.16. The molecule has 0 unspecified atom stereocenters. The van der Waals surface area contributed by atoms with E-state index in [1.54, 1.807) is 11.3 Å². The first kappa shape index (κ1) is 12.3. The maximum absolute atomic E-state index is 5.44. The van der Waals surface area contributed by atoms with Crippen molar-refractivity contribution < 1.29 is 4.84 Å². The number of rotatable bonds is 5. The lowest BCUT2D eigenvalue weighted by molar-refractivity contribution is 0.0235. The van der Waals surface area contributed by atoms with Crippen LogP contribution in [-0.4, -0.2) is 4.98 Å². The highest BCUT2D eigenvalue weighted by atomic mass is 32.1. The molecule has 1 aromatic heterocycles. The zero-order valence-electron chi connectivity index (χ0n) is 10.4. The standard InChI is InChI=1S/C15H14N2OS/c1-2-6-12(7-3-1)11-18-16-10-15-17-13-8-4-5-9-14(13)19-15/h1-9,16H,10-11H2. The number of thiazole rings is 1. The van der Waals surface area contributed by atoms with Crippen LogP contribution in [0.2, 0.25) is 0 Å². The molecule has 0 bridgehead atoms. The predicted molar refractivity (Wildman–Crippen MR) is 77.7 cm³/mol. The molecule has 1 N–H and O–H groups in total. The summed E-state index contributed by atoms with van der Waals surface area (Å²) >= 11 is 1.69. The molecule has 0 amide bonds. The van der Waals surface area contributed by atoms with Crippen LogP contribution in [0, 0.1) is 0 Å². The molecule has 3 nitrogen and oxygen atoms in total. The van der Waals surface area contributed by atoms with Crippen LogP contribution in [0.3, 0.4) is 0 Å². The molecule has 0 aliphatic heterocycles. The topological polar surface area (TPSA) is 34.1 Å². The van der Waals surface area contributed by atoms with Gasteiger partial charge in [0.1, 0.15) is 5.01 Å². The van der Waals surface area contributed by atoms with Crippen LogP contribution in [0.5, 0.6) is 0 Å². The Morgan fingerprint density at radius 3 is 2.63 bits per heavy atom. The third kappa shape index (κ3) is 3.17. The fourth-order valence-corrected chi connectivity index (χ4v) is 2.71. The summed E-state index contributed by atoms with van der Waals surface area (Å²) in [5.74, 6) is 0. The SMILES string of the molecule is c1ccc(CONCc2nc3ccccc3s2)cc1. The summed E-state index contributed by atoms with van der Waals surface area (Å²) in [6.07, 6.45) is 0. The zero-order chi connectivity index (χ0) is 12.9. The Bertz CT molecular complexity index is 618. The predicted octanol–water partition coefficient (Wildman–Crippen LogP) is 3.52. The molecule has 0 aliphatic rings. The number of nitrogens with one attached hydrogen (secondary N) is 1. The first-order valence-electron chi connectivity index (χ1n) is 6.15. The van der Waals surface area contributed by atoms with Gasteiger partial charge in [-0.05, 0) is 17.7 Å². The maximum Gasteiger partial charge on any atom is 0.110 e. The lowest BCUT2D eigenvalue weighted by atomic mass is 10.2. The van der Waals surface area contributed by atoms with E-state index in [4.69, 9.17) is 4.84 Å². The molecule has 3 aromatic rings. The molecule has 0 saturated heterocycles. The molecular weight excluding hydrogens is 256 g/mol. The van der Waals surface area contributed by atoms with Gasteiger partial charge < -0.3 is 0 Å². The molecule has 0 spiro atoms. The van der Waals surface area contributed by atoms with Crippen molar-refractivity contribution in [3.63, 3.8) is 0 Å². The summed E-state index contributed by atoms with van der Waals surface area (Å²) in [4.78, 5) is 9.97. The highest BCUT2D eigenvalue weighted by Gasteiger charge is 2.02. The van der Waals surface area contributed by atoms with Crippen LogP contribution in [0.4, 0.5) is 0 Å². The average molecular weight is 270 g/mol. The Hall–Kier alpha value is -1.75. The van der Waals surface area contributed by atoms with Crippen molar-refractivity contribution in [1.82, 2.24) is 10.5 Å². The Morgan fingerprint density at radius 1 is 1.00 bits per heavy atom. The first-order chi connectivity index (χ1) is 9.42. The van der Waals surface area contributed by atoms with Crippen molar-refractivity contribution in [3.8, 4) is 0 Å². The molecule has 0 radical (unpaired) electrons. The lowest BCUT2D eigenvalue weighted by Gasteiger charge is -2.03. The van der Waals surface area contributed by atoms with Crippen molar-refractivity contribution >= 4 is 21.6 Å². The fourth-order valence-electron chi connectivity index (χ4n) is 1.82. The summed E-state index contributed by atoms with van der Waals surface area (Å²) in [5, 5.41) is 1.04. The van der Waals surface area contributed by atoms with Crippen LogP contribution in [0.25, 0.3) is 10.2 Å². The Labute approximate surface area is 115 Å². The van der Waals surface area contributed by atoms with Crippen molar-refractivity contribution in [2.45, 2.75) is 13.2 Å². The third-order valence-electron chi connectivity index (χ3n) is 2.75. The van der Waals surface area contributed by atoms with E-state index in [0.29, 0.717) is 13.2 Å². The maximum atomic E-state index is 5.44. The average Bonchev–Trinajstić information content (AvgIpc) is 2.87. The molecule has 0 saturated carbocycles. The third-order valence-corrected chi connectivity index (χ3v) is 3.78. The molecule has 4 heteroatoms. The molecule has 0 fully saturated rings. The van der Waals surface area contributed by atoms with Crippen LogP contribution >= 0.6 is 11.3 Å². The van der Waals surface area contributed by atoms with E-state index in [2.05, 4.69) is 16.5 Å². The fraction of sp³-hybridized carbons (Fsp3) is 0.133. The monoisotopic (exact) mass is 270 g/mol. The highest BCUT2D eigenvalue weighted by Crippen LogP contribution is 2.21. The van der Waals surface area contributed by atoms with Gasteiger partial charge in [0.25, 0.3) is 0 Å². The smallest absolute Gasteiger partial charge is 0.110 e. The number of aromatic nitrogens is 1.